The summed E-state index contributed by atoms with van der Waals surface area (Å²) in [5.74, 6) is 0.107. The van der Waals surface area contributed by atoms with Gasteiger partial charge in [0, 0.05) is 74.0 Å². The van der Waals surface area contributed by atoms with E-state index < -0.39 is 13.0 Å². The van der Waals surface area contributed by atoms with Crippen LogP contribution in [0.3, 0.4) is 0 Å². The minimum atomic E-state index is -0.570. The van der Waals surface area contributed by atoms with Crippen molar-refractivity contribution in [3.8, 4) is 16.8 Å². The Morgan fingerprint density at radius 1 is 0.690 bits per heavy atom. The number of hydrogen-bond acceptors (Lipinski definition) is 14. The Morgan fingerprint density at radius 2 is 1.25 bits per heavy atom. The number of para-hydroxylation sites is 1. The van der Waals surface area contributed by atoms with Gasteiger partial charge >= 0.3 is 7.12 Å². The lowest BCUT2D eigenvalue weighted by atomic mass is 9.74. The molecule has 9 aromatic rings. The van der Waals surface area contributed by atoms with E-state index in [1.807, 2.05) is 151 Å². The summed E-state index contributed by atoms with van der Waals surface area (Å²) in [4.78, 5) is 74.7. The normalized spacial score (nSPS) is 15.4. The van der Waals surface area contributed by atoms with E-state index in [-0.39, 0.29) is 69.0 Å². The van der Waals surface area contributed by atoms with E-state index in [0.717, 1.165) is 33.1 Å². The van der Waals surface area contributed by atoms with E-state index in [0.29, 0.717) is 44.6 Å². The molecule has 1 fully saturated rings. The van der Waals surface area contributed by atoms with Gasteiger partial charge in [0.15, 0.2) is 5.78 Å². The van der Waals surface area contributed by atoms with Gasteiger partial charge in [-0.15, -0.1) is 0 Å². The van der Waals surface area contributed by atoms with Crippen molar-refractivity contribution in [2.75, 3.05) is 22.1 Å². The van der Waals surface area contributed by atoms with Crippen molar-refractivity contribution in [2.45, 2.75) is 70.7 Å². The number of carbonyl (C=O) groups is 1. The van der Waals surface area contributed by atoms with Gasteiger partial charge in [-0.25, -0.2) is 29.6 Å². The standard InChI is InChI=1S/C29H24N6O2.C22H17ClN6O.C12H18BNO3/c1-17(33-28-23(31-2)16-32-29(30)34-28)22-14-20-10-7-11-21(19-12-13-35(3)24(36)15-19)26(20)27(37)25(22)18-8-5-4-6-9-18;1-13(27-20-17(25-2)12-26-22(24)28-20)18-11-14-7-6-10-16(23)19(14)21(30)29(18)15-8-4-3-5-9-15;1-11(2)12(3,4)17-13(16-11)9-6-7-14(5)10(15)8-9/h4-17,25H,1,3H3,(H3,30,32,33,34);3-13H,1H3,(H3,24,26,27,28);6-8H,1-5H3/t17-,25?;13-;/m00./s1. The molecule has 422 valence electrons. The van der Waals surface area contributed by atoms with Gasteiger partial charge < -0.3 is 40.5 Å². The molecule has 84 heavy (non-hydrogen) atoms. The lowest BCUT2D eigenvalue weighted by Gasteiger charge is -2.32. The fourth-order valence-corrected chi connectivity index (χ4v) is 10.0. The molecule has 1 unspecified atom stereocenters. The van der Waals surface area contributed by atoms with Crippen molar-refractivity contribution in [1.29, 1.82) is 0 Å². The van der Waals surface area contributed by atoms with Crippen LogP contribution in [0.1, 0.15) is 80.7 Å². The largest absolute Gasteiger partial charge is 0.495 e. The van der Waals surface area contributed by atoms with Gasteiger partial charge in [-0.05, 0) is 117 Å². The highest BCUT2D eigenvalue weighted by Gasteiger charge is 2.51. The molecule has 1 aliphatic heterocycles. The maximum atomic E-state index is 14.3. The van der Waals surface area contributed by atoms with Crippen LogP contribution in [-0.4, -0.2) is 63.8 Å². The summed E-state index contributed by atoms with van der Waals surface area (Å²) in [5.41, 5.74) is 17.4. The third-order valence-electron chi connectivity index (χ3n) is 15.0. The third-order valence-corrected chi connectivity index (χ3v) is 15.3. The summed E-state index contributed by atoms with van der Waals surface area (Å²) in [7, 11) is 2.95. The first-order chi connectivity index (χ1) is 40.1. The molecule has 3 atom stereocenters. The Bertz CT molecular complexity index is 4290. The molecule has 5 aromatic heterocycles. The van der Waals surface area contributed by atoms with Crippen LogP contribution in [0.5, 0.6) is 0 Å². The van der Waals surface area contributed by atoms with Crippen molar-refractivity contribution >= 4 is 81.7 Å². The van der Waals surface area contributed by atoms with E-state index >= 15 is 0 Å². The number of hydrogen-bond donors (Lipinski definition) is 4. The second-order valence-corrected chi connectivity index (χ2v) is 21.5. The van der Waals surface area contributed by atoms with Crippen molar-refractivity contribution < 1.29 is 14.1 Å². The fourth-order valence-electron chi connectivity index (χ4n) is 9.76. The van der Waals surface area contributed by atoms with E-state index in [2.05, 4.69) is 40.3 Å². The van der Waals surface area contributed by atoms with Crippen molar-refractivity contribution in [1.82, 2.24) is 33.6 Å². The number of benzene rings is 4. The predicted molar refractivity (Wildman–Crippen MR) is 331 cm³/mol. The smallest absolute Gasteiger partial charge is 0.399 e. The third kappa shape index (κ3) is 12.1. The summed E-state index contributed by atoms with van der Waals surface area (Å²) < 4.78 is 16.4. The molecule has 0 radical (unpaired) electrons. The molecule has 0 bridgehead atoms. The van der Waals surface area contributed by atoms with Crippen LogP contribution in [0, 0.1) is 13.1 Å². The number of nitrogen functional groups attached to an aromatic ring is 2. The molecule has 0 amide bonds. The monoisotopic (exact) mass is 1140 g/mol. The zero-order valence-corrected chi connectivity index (χ0v) is 48.1. The molecule has 1 aliphatic carbocycles. The van der Waals surface area contributed by atoms with Crippen molar-refractivity contribution in [3.63, 3.8) is 0 Å². The molecule has 19 nitrogen and oxygen atoms in total. The first-order valence-electron chi connectivity index (χ1n) is 26.6. The first-order valence-corrected chi connectivity index (χ1v) is 27.0. The number of aryl methyl sites for hydroxylation is 2. The predicted octanol–water partition coefficient (Wildman–Crippen LogP) is 10.3. The number of ketones is 1. The quantitative estimate of drug-likeness (QED) is 0.0736. The Kier molecular flexibility index (Phi) is 16.9. The average molecular weight is 1140 g/mol. The Balaban J connectivity index is 0.000000161. The van der Waals surface area contributed by atoms with Gasteiger partial charge in [-0.2, -0.15) is 0 Å². The molecule has 11 rings (SSSR count). The minimum Gasteiger partial charge on any atom is -0.399 e. The Labute approximate surface area is 490 Å². The molecule has 0 saturated carbocycles. The first kappa shape index (κ1) is 58.7. The molecule has 6 heterocycles. The van der Waals surface area contributed by atoms with Crippen LogP contribution in [0.15, 0.2) is 172 Å². The maximum Gasteiger partial charge on any atom is 0.495 e. The van der Waals surface area contributed by atoms with Gasteiger partial charge in [-0.1, -0.05) is 96.5 Å². The van der Waals surface area contributed by atoms with Gasteiger partial charge in [-0.3, -0.25) is 23.7 Å². The van der Waals surface area contributed by atoms with Crippen LogP contribution in [0.2, 0.25) is 5.02 Å². The van der Waals surface area contributed by atoms with E-state index in [1.165, 1.54) is 21.5 Å². The Morgan fingerprint density at radius 3 is 1.83 bits per heavy atom. The summed E-state index contributed by atoms with van der Waals surface area (Å²) in [6.45, 7) is 26.6. The van der Waals surface area contributed by atoms with E-state index in [4.69, 9.17) is 45.5 Å². The number of pyridine rings is 3. The highest BCUT2D eigenvalue weighted by atomic mass is 35.5. The van der Waals surface area contributed by atoms with Gasteiger partial charge in [0.05, 0.1) is 46.7 Å². The lowest BCUT2D eigenvalue weighted by molar-refractivity contribution is 0.00578. The molecular weight excluding hydrogens is 1080 g/mol. The van der Waals surface area contributed by atoms with Crippen LogP contribution < -0.4 is 44.2 Å². The lowest BCUT2D eigenvalue weighted by Crippen LogP contribution is -2.41. The second-order valence-electron chi connectivity index (χ2n) is 21.1. The minimum absolute atomic E-state index is 0.0550. The van der Waals surface area contributed by atoms with Crippen LogP contribution in [0.25, 0.3) is 43.4 Å². The zero-order valence-electron chi connectivity index (χ0n) is 47.3. The van der Waals surface area contributed by atoms with Crippen molar-refractivity contribution in [2.24, 2.45) is 14.1 Å². The molecule has 0 spiro atoms. The maximum absolute atomic E-state index is 14.3. The molecule has 1 saturated heterocycles. The number of rotatable bonds is 10. The van der Waals surface area contributed by atoms with Gasteiger partial charge in [0.25, 0.3) is 11.1 Å². The number of fused-ring (bicyclic) bond motifs is 2. The van der Waals surface area contributed by atoms with Gasteiger partial charge in [0.1, 0.15) is 11.6 Å². The average Bonchev–Trinajstić information content (AvgIpc) is 1.19. The second kappa shape index (κ2) is 24.2. The van der Waals surface area contributed by atoms with Crippen LogP contribution in [0.4, 0.5) is 34.9 Å². The molecule has 6 N–H and O–H groups in total. The van der Waals surface area contributed by atoms with Crippen LogP contribution in [-0.2, 0) is 23.4 Å². The molecular formula is C63H59BClN13O6. The number of nitrogens with one attached hydrogen (secondary N) is 2. The highest BCUT2D eigenvalue weighted by Crippen LogP contribution is 2.42. The number of nitrogens with zero attached hydrogens (tertiary/aromatic N) is 9. The zero-order chi connectivity index (χ0) is 60.2. The van der Waals surface area contributed by atoms with Gasteiger partial charge in [0.2, 0.25) is 28.8 Å². The van der Waals surface area contributed by atoms with Crippen LogP contribution >= 0.6 is 11.6 Å². The number of nitrogens with two attached hydrogens (primary N) is 2. The Hall–Kier alpha value is -9.99. The van der Waals surface area contributed by atoms with Crippen molar-refractivity contribution in [3.05, 3.63) is 239 Å². The highest BCUT2D eigenvalue weighted by molar-refractivity contribution is 6.62. The fraction of sp³-hybridized carbons (Fsp3) is 0.206. The topological polar surface area (TPSA) is 238 Å². The van der Waals surface area contributed by atoms with E-state index in [1.54, 1.807) is 55.3 Å². The molecule has 2 aliphatic rings. The molecule has 4 aromatic carbocycles. The number of anilines is 4. The summed E-state index contributed by atoms with van der Waals surface area (Å²) in [6.07, 6.45) is 8.19. The number of carbonyl (C=O) groups excluding carboxylic acids is 1. The number of aromatic nitrogens is 7. The summed E-state index contributed by atoms with van der Waals surface area (Å²) >= 11 is 6.35. The molecule has 21 heteroatoms. The summed E-state index contributed by atoms with van der Waals surface area (Å²) in [6, 6.07) is 37.9. The SMILES string of the molecule is Cn1ccc(B2OC(C)(C)C(C)(C)O2)cc1=O.[C-]#[N+]c1cnc(N)nc1N[C@@H](C)C1=Cc2cccc(-c3ccn(C)c(=O)c3)c2C(=O)C1c1ccccc1.[C-]#[N+]c1cnc(N)nc1N[C@@H](C)c1cc2cccc(Cl)c2c(=O)n1-c1ccccc1. The number of Topliss-reactive ketones (excluding diaryl/α,β-unsaturated/α-hetero) is 1. The number of halogens is 1. The summed E-state index contributed by atoms with van der Waals surface area (Å²) in [5, 5.41) is 8.05. The van der Waals surface area contributed by atoms with E-state index in [9.17, 15) is 19.2 Å².